The second-order valence-electron chi connectivity index (χ2n) is 3.46. The van der Waals surface area contributed by atoms with E-state index in [0.717, 1.165) is 17.9 Å². The van der Waals surface area contributed by atoms with E-state index in [1.165, 1.54) is 12.1 Å². The summed E-state index contributed by atoms with van der Waals surface area (Å²) in [4.78, 5) is 14.4. The molecule has 0 unspecified atom stereocenters. The highest BCUT2D eigenvalue weighted by atomic mass is 79.9. The number of hydrogen-bond donors (Lipinski definition) is 0. The normalized spacial score (nSPS) is 10.5. The van der Waals surface area contributed by atoms with Gasteiger partial charge in [-0.3, -0.25) is 10.1 Å². The quantitative estimate of drug-likeness (QED) is 0.646. The maximum atomic E-state index is 10.6. The summed E-state index contributed by atoms with van der Waals surface area (Å²) in [6.45, 7) is 2.01. The molecule has 0 amide bonds. The molecule has 5 nitrogen and oxygen atoms in total. The van der Waals surface area contributed by atoms with Crippen LogP contribution in [-0.4, -0.2) is 14.5 Å². The molecule has 0 bridgehead atoms. The third kappa shape index (κ3) is 2.21. The number of halogens is 1. The minimum atomic E-state index is -0.414. The van der Waals surface area contributed by atoms with Crippen LogP contribution in [0.2, 0.25) is 0 Å². The largest absolute Gasteiger partial charge is 0.303 e. The molecule has 1 heterocycles. The minimum absolute atomic E-state index is 0.0683. The van der Waals surface area contributed by atoms with Crippen molar-refractivity contribution in [2.45, 2.75) is 13.3 Å². The van der Waals surface area contributed by atoms with Gasteiger partial charge in [-0.05, 0) is 22.0 Å². The Morgan fingerprint density at radius 1 is 1.53 bits per heavy atom. The minimum Gasteiger partial charge on any atom is -0.303 e. The molecule has 0 aliphatic heterocycles. The zero-order valence-corrected chi connectivity index (χ0v) is 10.7. The SMILES string of the molecule is CCc1nccn1-c1ccc([N+](=O)[O-])cc1Br. The number of benzene rings is 1. The Hall–Kier alpha value is -1.69. The van der Waals surface area contributed by atoms with Crippen molar-refractivity contribution >= 4 is 21.6 Å². The molecule has 0 spiro atoms. The molecule has 1 aromatic heterocycles. The number of hydrogen-bond acceptors (Lipinski definition) is 3. The summed E-state index contributed by atoms with van der Waals surface area (Å²) in [5.41, 5.74) is 0.920. The Bertz CT molecular complexity index is 566. The summed E-state index contributed by atoms with van der Waals surface area (Å²) >= 11 is 3.35. The van der Waals surface area contributed by atoms with Crippen molar-refractivity contribution in [2.75, 3.05) is 0 Å². The maximum Gasteiger partial charge on any atom is 0.270 e. The predicted molar refractivity (Wildman–Crippen MR) is 67.3 cm³/mol. The van der Waals surface area contributed by atoms with Gasteiger partial charge in [-0.1, -0.05) is 6.92 Å². The molecule has 0 saturated heterocycles. The van der Waals surface area contributed by atoms with Crippen LogP contribution in [0.1, 0.15) is 12.7 Å². The van der Waals surface area contributed by atoms with Gasteiger partial charge in [0, 0.05) is 35.4 Å². The van der Waals surface area contributed by atoms with Crippen LogP contribution in [0.4, 0.5) is 5.69 Å². The van der Waals surface area contributed by atoms with Gasteiger partial charge in [0.05, 0.1) is 10.6 Å². The van der Waals surface area contributed by atoms with E-state index in [9.17, 15) is 10.1 Å². The first-order chi connectivity index (χ1) is 8.13. The average Bonchev–Trinajstić information content (AvgIpc) is 2.76. The van der Waals surface area contributed by atoms with Crippen molar-refractivity contribution in [1.82, 2.24) is 9.55 Å². The monoisotopic (exact) mass is 295 g/mol. The second kappa shape index (κ2) is 4.67. The molecule has 0 aliphatic rings. The molecule has 0 atom stereocenters. The van der Waals surface area contributed by atoms with Crippen LogP contribution in [-0.2, 0) is 6.42 Å². The highest BCUT2D eigenvalue weighted by Crippen LogP contribution is 2.26. The van der Waals surface area contributed by atoms with Crippen molar-refractivity contribution in [2.24, 2.45) is 0 Å². The molecule has 0 fully saturated rings. The zero-order chi connectivity index (χ0) is 12.4. The lowest BCUT2D eigenvalue weighted by molar-refractivity contribution is -0.384. The Labute approximate surface area is 106 Å². The van der Waals surface area contributed by atoms with Gasteiger partial charge in [0.2, 0.25) is 0 Å². The van der Waals surface area contributed by atoms with Crippen molar-refractivity contribution < 1.29 is 4.92 Å². The molecule has 0 aliphatic carbocycles. The Morgan fingerprint density at radius 3 is 2.88 bits per heavy atom. The van der Waals surface area contributed by atoms with Crippen molar-refractivity contribution in [1.29, 1.82) is 0 Å². The van der Waals surface area contributed by atoms with E-state index in [2.05, 4.69) is 20.9 Å². The lowest BCUT2D eigenvalue weighted by Gasteiger charge is -2.08. The van der Waals surface area contributed by atoms with E-state index >= 15 is 0 Å². The van der Waals surface area contributed by atoms with E-state index in [4.69, 9.17) is 0 Å². The van der Waals surface area contributed by atoms with Crippen LogP contribution in [0, 0.1) is 10.1 Å². The zero-order valence-electron chi connectivity index (χ0n) is 9.13. The Morgan fingerprint density at radius 2 is 2.29 bits per heavy atom. The highest BCUT2D eigenvalue weighted by Gasteiger charge is 2.11. The van der Waals surface area contributed by atoms with Crippen molar-refractivity contribution in [3.05, 3.63) is 51.0 Å². The van der Waals surface area contributed by atoms with E-state index in [1.54, 1.807) is 12.3 Å². The number of non-ortho nitro benzene ring substituents is 1. The molecule has 2 rings (SSSR count). The van der Waals surface area contributed by atoms with Crippen molar-refractivity contribution in [3.63, 3.8) is 0 Å². The van der Waals surface area contributed by atoms with Gasteiger partial charge in [-0.25, -0.2) is 4.98 Å². The fourth-order valence-corrected chi connectivity index (χ4v) is 2.18. The summed E-state index contributed by atoms with van der Waals surface area (Å²) in [7, 11) is 0. The smallest absolute Gasteiger partial charge is 0.270 e. The highest BCUT2D eigenvalue weighted by molar-refractivity contribution is 9.10. The van der Waals surface area contributed by atoms with Gasteiger partial charge in [-0.15, -0.1) is 0 Å². The molecule has 2 aromatic rings. The maximum absolute atomic E-state index is 10.6. The summed E-state index contributed by atoms with van der Waals surface area (Å²) in [5, 5.41) is 10.6. The van der Waals surface area contributed by atoms with E-state index in [-0.39, 0.29) is 5.69 Å². The van der Waals surface area contributed by atoms with Crippen LogP contribution < -0.4 is 0 Å². The van der Waals surface area contributed by atoms with E-state index in [1.807, 2.05) is 17.7 Å². The molecule has 88 valence electrons. The topological polar surface area (TPSA) is 61.0 Å². The van der Waals surface area contributed by atoms with E-state index in [0.29, 0.717) is 4.47 Å². The van der Waals surface area contributed by atoms with Gasteiger partial charge in [-0.2, -0.15) is 0 Å². The molecule has 0 radical (unpaired) electrons. The van der Waals surface area contributed by atoms with Crippen LogP contribution in [0.3, 0.4) is 0 Å². The van der Waals surface area contributed by atoms with Crippen molar-refractivity contribution in [3.8, 4) is 5.69 Å². The fraction of sp³-hybridized carbons (Fsp3) is 0.182. The molecule has 17 heavy (non-hydrogen) atoms. The molecular weight excluding hydrogens is 286 g/mol. The lowest BCUT2D eigenvalue weighted by Crippen LogP contribution is -2.00. The second-order valence-corrected chi connectivity index (χ2v) is 4.31. The summed E-state index contributed by atoms with van der Waals surface area (Å²) in [6, 6.07) is 4.69. The molecule has 0 saturated carbocycles. The van der Waals surface area contributed by atoms with Crippen LogP contribution in [0.5, 0.6) is 0 Å². The van der Waals surface area contributed by atoms with Gasteiger partial charge < -0.3 is 4.57 Å². The third-order valence-corrected chi connectivity index (χ3v) is 3.07. The van der Waals surface area contributed by atoms with Gasteiger partial charge >= 0.3 is 0 Å². The molecule has 1 aromatic carbocycles. The number of nitro groups is 1. The van der Waals surface area contributed by atoms with Crippen LogP contribution >= 0.6 is 15.9 Å². The molecule has 0 N–H and O–H groups in total. The van der Waals surface area contributed by atoms with Gasteiger partial charge in [0.15, 0.2) is 0 Å². The van der Waals surface area contributed by atoms with E-state index < -0.39 is 4.92 Å². The van der Waals surface area contributed by atoms with Crippen LogP contribution in [0.25, 0.3) is 5.69 Å². The average molecular weight is 296 g/mol. The number of nitrogens with zero attached hydrogens (tertiary/aromatic N) is 3. The molecule has 6 heteroatoms. The first-order valence-electron chi connectivity index (χ1n) is 5.10. The number of rotatable bonds is 3. The predicted octanol–water partition coefficient (Wildman–Crippen LogP) is 3.11. The molecular formula is C11H10BrN3O2. The number of nitro benzene ring substituents is 1. The van der Waals surface area contributed by atoms with Gasteiger partial charge in [0.25, 0.3) is 5.69 Å². The Balaban J connectivity index is 2.50. The number of aryl methyl sites for hydroxylation is 1. The van der Waals surface area contributed by atoms with Gasteiger partial charge in [0.1, 0.15) is 5.82 Å². The number of aromatic nitrogens is 2. The fourth-order valence-electron chi connectivity index (χ4n) is 1.62. The first kappa shape index (κ1) is 11.8. The number of imidazole rings is 1. The summed E-state index contributed by atoms with van der Waals surface area (Å²) < 4.78 is 2.59. The first-order valence-corrected chi connectivity index (χ1v) is 5.89. The summed E-state index contributed by atoms with van der Waals surface area (Å²) in [6.07, 6.45) is 4.36. The van der Waals surface area contributed by atoms with Crippen LogP contribution in [0.15, 0.2) is 35.1 Å². The standard InChI is InChI=1S/C11H10BrN3O2/c1-2-11-13-5-6-14(11)10-4-3-8(15(16)17)7-9(10)12/h3-7H,2H2,1H3. The summed E-state index contributed by atoms with van der Waals surface area (Å²) in [5.74, 6) is 0.916. The lowest BCUT2D eigenvalue weighted by atomic mass is 10.2. The Kier molecular flexibility index (Phi) is 3.23. The third-order valence-electron chi connectivity index (χ3n) is 2.44.